The van der Waals surface area contributed by atoms with E-state index in [1.807, 2.05) is 31.2 Å². The van der Waals surface area contributed by atoms with Crippen molar-refractivity contribution in [3.63, 3.8) is 0 Å². The second-order valence-electron chi connectivity index (χ2n) is 11.6. The predicted octanol–water partition coefficient (Wildman–Crippen LogP) is 5.45. The van der Waals surface area contributed by atoms with Gasteiger partial charge >= 0.3 is 0 Å². The van der Waals surface area contributed by atoms with Gasteiger partial charge < -0.3 is 9.16 Å². The van der Waals surface area contributed by atoms with Crippen LogP contribution in [0.25, 0.3) is 0 Å². The topological polar surface area (TPSA) is 64.6 Å². The van der Waals surface area contributed by atoms with Crippen LogP contribution in [0.1, 0.15) is 39.2 Å². The molecule has 1 saturated heterocycles. The van der Waals surface area contributed by atoms with Crippen LogP contribution in [0, 0.1) is 12.8 Å². The summed E-state index contributed by atoms with van der Waals surface area (Å²) in [5, 5.41) is 2.16. The van der Waals surface area contributed by atoms with Gasteiger partial charge in [-0.2, -0.15) is 0 Å². The number of alkyl halides is 1. The highest BCUT2D eigenvalue weighted by molar-refractivity contribution is 14.1. The lowest BCUT2D eigenvalue weighted by Crippen LogP contribution is -2.67. The van der Waals surface area contributed by atoms with Gasteiger partial charge in [-0.25, -0.2) is 13.1 Å². The van der Waals surface area contributed by atoms with E-state index in [4.69, 9.17) is 9.16 Å². The number of benzene rings is 3. The van der Waals surface area contributed by atoms with Crippen molar-refractivity contribution in [2.75, 3.05) is 17.6 Å². The number of rotatable bonds is 11. The Balaban J connectivity index is 1.69. The molecule has 3 aromatic rings. The molecule has 39 heavy (non-hydrogen) atoms. The van der Waals surface area contributed by atoms with Crippen molar-refractivity contribution < 1.29 is 17.6 Å². The van der Waals surface area contributed by atoms with Gasteiger partial charge in [-0.05, 0) is 53.2 Å². The standard InChI is InChI=1S/C31H40INO4SSi/c1-24-15-17-28(18-16-24)38(34,35)33-26(19-25-20-27(21-32)36-22-25)23-37-39(31(2,3)4,29-11-7-5-8-12-29)30-13-9-6-10-14-30/h5-18,25-27,33H,19-23H2,1-4H3/t25-,26-,27-/m0/s1. The minimum Gasteiger partial charge on any atom is -0.406 e. The van der Waals surface area contributed by atoms with Crippen LogP contribution in [-0.4, -0.2) is 46.5 Å². The fraction of sp³-hybridized carbons (Fsp3) is 0.419. The smallest absolute Gasteiger partial charge is 0.261 e. The Hall–Kier alpha value is -1.56. The lowest BCUT2D eigenvalue weighted by atomic mass is 9.98. The Labute approximate surface area is 249 Å². The van der Waals surface area contributed by atoms with E-state index >= 15 is 0 Å². The largest absolute Gasteiger partial charge is 0.406 e. The molecule has 1 heterocycles. The summed E-state index contributed by atoms with van der Waals surface area (Å²) in [6.07, 6.45) is 1.82. The monoisotopic (exact) mass is 677 g/mol. The summed E-state index contributed by atoms with van der Waals surface area (Å²) < 4.78 is 44.1. The molecule has 0 amide bonds. The molecule has 1 aliphatic heterocycles. The van der Waals surface area contributed by atoms with Crippen LogP contribution in [0.4, 0.5) is 0 Å². The zero-order valence-electron chi connectivity index (χ0n) is 23.3. The lowest BCUT2D eigenvalue weighted by Gasteiger charge is -2.43. The summed E-state index contributed by atoms with van der Waals surface area (Å²) in [6.45, 7) is 9.59. The maximum absolute atomic E-state index is 13.5. The zero-order valence-corrected chi connectivity index (χ0v) is 27.2. The molecule has 210 valence electrons. The first-order valence-electron chi connectivity index (χ1n) is 13.6. The highest BCUT2D eigenvalue weighted by Gasteiger charge is 2.50. The summed E-state index contributed by atoms with van der Waals surface area (Å²) in [6, 6.07) is 27.5. The Morgan fingerprint density at radius 3 is 2.03 bits per heavy atom. The van der Waals surface area contributed by atoms with Crippen LogP contribution in [0.3, 0.4) is 0 Å². The van der Waals surface area contributed by atoms with E-state index in [9.17, 15) is 8.42 Å². The summed E-state index contributed by atoms with van der Waals surface area (Å²) in [5.41, 5.74) is 1.02. The van der Waals surface area contributed by atoms with Gasteiger partial charge in [0.05, 0.1) is 17.6 Å². The number of hydrogen-bond donors (Lipinski definition) is 1. The van der Waals surface area contributed by atoms with E-state index in [-0.39, 0.29) is 34.6 Å². The number of hydrogen-bond acceptors (Lipinski definition) is 4. The second-order valence-corrected chi connectivity index (χ2v) is 18.5. The van der Waals surface area contributed by atoms with Gasteiger partial charge in [0, 0.05) is 17.1 Å². The molecule has 0 unspecified atom stereocenters. The quantitative estimate of drug-likeness (QED) is 0.167. The van der Waals surface area contributed by atoms with E-state index in [1.165, 1.54) is 10.4 Å². The van der Waals surface area contributed by atoms with Gasteiger partial charge in [0.1, 0.15) is 0 Å². The van der Waals surface area contributed by atoms with E-state index in [2.05, 4.69) is 96.6 Å². The Bertz CT molecular complexity index is 1260. The van der Waals surface area contributed by atoms with Gasteiger partial charge in [-0.3, -0.25) is 0 Å². The first kappa shape index (κ1) is 30.4. The molecule has 0 spiro atoms. The molecule has 1 aliphatic rings. The third kappa shape index (κ3) is 7.21. The number of ether oxygens (including phenoxy) is 1. The van der Waals surface area contributed by atoms with Crippen LogP contribution in [0.5, 0.6) is 0 Å². The molecule has 5 nitrogen and oxygen atoms in total. The maximum atomic E-state index is 13.5. The van der Waals surface area contributed by atoms with Gasteiger partial charge in [0.15, 0.2) is 0 Å². The molecule has 4 rings (SSSR count). The third-order valence-electron chi connectivity index (χ3n) is 7.52. The first-order valence-corrected chi connectivity index (χ1v) is 18.5. The van der Waals surface area contributed by atoms with Crippen molar-refractivity contribution in [1.29, 1.82) is 0 Å². The number of sulfonamides is 1. The lowest BCUT2D eigenvalue weighted by molar-refractivity contribution is 0.122. The maximum Gasteiger partial charge on any atom is 0.261 e. The van der Waals surface area contributed by atoms with Crippen molar-refractivity contribution in [1.82, 2.24) is 4.72 Å². The molecule has 1 fully saturated rings. The molecule has 0 aromatic heterocycles. The minimum absolute atomic E-state index is 0.196. The van der Waals surface area contributed by atoms with Crippen LogP contribution in [0.2, 0.25) is 5.04 Å². The summed E-state index contributed by atoms with van der Waals surface area (Å²) in [7, 11) is -6.54. The van der Waals surface area contributed by atoms with Gasteiger partial charge in [-0.1, -0.05) is 122 Å². The fourth-order valence-electron chi connectivity index (χ4n) is 5.60. The molecule has 0 saturated carbocycles. The number of halogens is 1. The Morgan fingerprint density at radius 1 is 0.974 bits per heavy atom. The molecular formula is C31H40INO4SSi. The van der Waals surface area contributed by atoms with Crippen molar-refractivity contribution >= 4 is 51.3 Å². The molecule has 1 N–H and O–H groups in total. The summed E-state index contributed by atoms with van der Waals surface area (Å²) >= 11 is 2.36. The Morgan fingerprint density at radius 2 is 1.54 bits per heavy atom. The normalized spacial score (nSPS) is 19.2. The van der Waals surface area contributed by atoms with Crippen molar-refractivity contribution in [3.05, 3.63) is 90.5 Å². The van der Waals surface area contributed by atoms with E-state index in [0.717, 1.165) is 16.4 Å². The molecule has 3 aromatic carbocycles. The summed E-state index contributed by atoms with van der Waals surface area (Å²) in [5.74, 6) is 0.276. The van der Waals surface area contributed by atoms with Crippen LogP contribution < -0.4 is 15.1 Å². The third-order valence-corrected chi connectivity index (χ3v) is 15.0. The minimum atomic E-state index is -3.73. The van der Waals surface area contributed by atoms with Crippen molar-refractivity contribution in [3.8, 4) is 0 Å². The second kappa shape index (κ2) is 13.0. The van der Waals surface area contributed by atoms with E-state index in [0.29, 0.717) is 13.0 Å². The van der Waals surface area contributed by atoms with Crippen LogP contribution in [-0.2, 0) is 19.2 Å². The highest BCUT2D eigenvalue weighted by Crippen LogP contribution is 2.37. The van der Waals surface area contributed by atoms with E-state index < -0.39 is 18.3 Å². The SMILES string of the molecule is Cc1ccc(S(=O)(=O)N[C@H](CO[Si](c2ccccc2)(c2ccccc2)C(C)(C)C)C[C@@H]2CO[C@H](CI)C2)cc1. The number of nitrogens with one attached hydrogen (secondary N) is 1. The number of aryl methyl sites for hydroxylation is 1. The first-order chi connectivity index (χ1) is 18.5. The average Bonchev–Trinajstić information content (AvgIpc) is 3.37. The molecule has 0 aliphatic carbocycles. The zero-order chi connectivity index (χ0) is 28.1. The molecule has 0 bridgehead atoms. The van der Waals surface area contributed by atoms with Crippen LogP contribution >= 0.6 is 22.6 Å². The van der Waals surface area contributed by atoms with E-state index in [1.54, 1.807) is 12.1 Å². The fourth-order valence-corrected chi connectivity index (χ4v) is 12.1. The van der Waals surface area contributed by atoms with Crippen molar-refractivity contribution in [2.24, 2.45) is 5.92 Å². The van der Waals surface area contributed by atoms with Crippen molar-refractivity contribution in [2.45, 2.75) is 62.6 Å². The molecule has 0 radical (unpaired) electrons. The molecule has 3 atom stereocenters. The summed E-state index contributed by atoms with van der Waals surface area (Å²) in [4.78, 5) is 0.274. The van der Waals surface area contributed by atoms with Crippen LogP contribution in [0.15, 0.2) is 89.8 Å². The average molecular weight is 678 g/mol. The molecule has 8 heteroatoms. The highest BCUT2D eigenvalue weighted by atomic mass is 127. The molecular weight excluding hydrogens is 637 g/mol. The predicted molar refractivity (Wildman–Crippen MR) is 170 cm³/mol. The Kier molecular flexibility index (Phi) is 10.1. The van der Waals surface area contributed by atoms with Gasteiger partial charge in [0.25, 0.3) is 8.32 Å². The van der Waals surface area contributed by atoms with Gasteiger partial charge in [0.2, 0.25) is 10.0 Å². The van der Waals surface area contributed by atoms with Gasteiger partial charge in [-0.15, -0.1) is 0 Å².